The lowest BCUT2D eigenvalue weighted by Gasteiger charge is -2.06. The van der Waals surface area contributed by atoms with E-state index in [1.54, 1.807) is 12.3 Å². The molecule has 0 atom stereocenters. The largest absolute Gasteiger partial charge is 0.435 e. The third kappa shape index (κ3) is 2.31. The molecule has 0 saturated heterocycles. The molecule has 4 nitrogen and oxygen atoms in total. The molecule has 8 heteroatoms. The zero-order chi connectivity index (χ0) is 11.8. The highest BCUT2D eigenvalue weighted by Gasteiger charge is 2.33. The quantitative estimate of drug-likeness (QED) is 0.749. The molecule has 2 aromatic heterocycles. The second-order valence-corrected chi connectivity index (χ2v) is 3.99. The first-order chi connectivity index (χ1) is 7.47. The summed E-state index contributed by atoms with van der Waals surface area (Å²) in [6.45, 7) is 0. The van der Waals surface area contributed by atoms with Gasteiger partial charge >= 0.3 is 6.18 Å². The van der Waals surface area contributed by atoms with Crippen LogP contribution in [0.25, 0.3) is 5.69 Å². The maximum Gasteiger partial charge on any atom is 0.435 e. The Kier molecular flexibility index (Phi) is 2.82. The van der Waals surface area contributed by atoms with Crippen molar-refractivity contribution in [3.8, 4) is 5.69 Å². The molecule has 16 heavy (non-hydrogen) atoms. The predicted octanol–water partition coefficient (Wildman–Crippen LogP) is 2.29. The van der Waals surface area contributed by atoms with Gasteiger partial charge in [-0.3, -0.25) is 0 Å². The standard InChI is InChI=1S/C8H4F3IN4/c9-8(10,11)6-3-5(4-13-14-6)16-2-1-7(12)15-16/h1-4H. The van der Waals surface area contributed by atoms with Gasteiger partial charge in [0.05, 0.1) is 11.9 Å². The van der Waals surface area contributed by atoms with Crippen molar-refractivity contribution in [3.05, 3.63) is 33.9 Å². The number of hydrogen-bond acceptors (Lipinski definition) is 3. The van der Waals surface area contributed by atoms with Gasteiger partial charge in [-0.1, -0.05) is 0 Å². The van der Waals surface area contributed by atoms with Crippen LogP contribution >= 0.6 is 22.6 Å². The summed E-state index contributed by atoms with van der Waals surface area (Å²) in [6, 6.07) is 2.57. The SMILES string of the molecule is FC(F)(F)c1cc(-n2ccc(I)n2)cnn1. The molecule has 0 aliphatic rings. The number of alkyl halides is 3. The monoisotopic (exact) mass is 340 g/mol. The fraction of sp³-hybridized carbons (Fsp3) is 0.125. The molecule has 0 spiro atoms. The summed E-state index contributed by atoms with van der Waals surface area (Å²) in [6.07, 6.45) is -1.72. The number of hydrogen-bond donors (Lipinski definition) is 0. The lowest BCUT2D eigenvalue weighted by atomic mass is 10.3. The molecule has 0 aliphatic carbocycles. The van der Waals surface area contributed by atoms with Crippen molar-refractivity contribution in [2.75, 3.05) is 0 Å². The minimum atomic E-state index is -4.50. The molecule has 0 unspecified atom stereocenters. The molecular weight excluding hydrogens is 336 g/mol. The van der Waals surface area contributed by atoms with Crippen LogP contribution in [0.2, 0.25) is 0 Å². The zero-order valence-corrected chi connectivity index (χ0v) is 9.77. The Hall–Kier alpha value is -1.19. The normalized spacial score (nSPS) is 11.8. The summed E-state index contributed by atoms with van der Waals surface area (Å²) >= 11 is 1.96. The minimum Gasteiger partial charge on any atom is -0.238 e. The van der Waals surface area contributed by atoms with Crippen LogP contribution in [0.5, 0.6) is 0 Å². The Balaban J connectivity index is 2.44. The maximum absolute atomic E-state index is 12.4. The minimum absolute atomic E-state index is 0.227. The fourth-order valence-electron chi connectivity index (χ4n) is 1.07. The van der Waals surface area contributed by atoms with Gasteiger partial charge in [0.2, 0.25) is 0 Å². The van der Waals surface area contributed by atoms with E-state index in [1.807, 2.05) is 22.6 Å². The molecule has 0 fully saturated rings. The molecule has 2 heterocycles. The van der Waals surface area contributed by atoms with Crippen LogP contribution in [-0.4, -0.2) is 20.0 Å². The first-order valence-electron chi connectivity index (χ1n) is 4.08. The van der Waals surface area contributed by atoms with Crippen molar-refractivity contribution in [3.63, 3.8) is 0 Å². The average Bonchev–Trinajstić information content (AvgIpc) is 2.64. The lowest BCUT2D eigenvalue weighted by Crippen LogP contribution is -2.10. The van der Waals surface area contributed by atoms with Crippen LogP contribution in [-0.2, 0) is 6.18 Å². The average molecular weight is 340 g/mol. The second kappa shape index (κ2) is 4.00. The Labute approximate surface area is 102 Å². The van der Waals surface area contributed by atoms with E-state index in [0.717, 1.165) is 6.07 Å². The van der Waals surface area contributed by atoms with Gasteiger partial charge in [0, 0.05) is 6.20 Å². The molecular formula is C8H4F3IN4. The Morgan fingerprint density at radius 3 is 2.62 bits per heavy atom. The Morgan fingerprint density at radius 1 is 1.31 bits per heavy atom. The van der Waals surface area contributed by atoms with Crippen molar-refractivity contribution in [1.29, 1.82) is 0 Å². The van der Waals surface area contributed by atoms with E-state index in [0.29, 0.717) is 3.70 Å². The van der Waals surface area contributed by atoms with E-state index in [2.05, 4.69) is 15.3 Å². The van der Waals surface area contributed by atoms with Crippen LogP contribution < -0.4 is 0 Å². The highest BCUT2D eigenvalue weighted by atomic mass is 127. The van der Waals surface area contributed by atoms with Gasteiger partial charge in [0.25, 0.3) is 0 Å². The van der Waals surface area contributed by atoms with E-state index < -0.39 is 11.9 Å². The van der Waals surface area contributed by atoms with Crippen LogP contribution in [0.1, 0.15) is 5.69 Å². The van der Waals surface area contributed by atoms with Gasteiger partial charge < -0.3 is 0 Å². The number of aromatic nitrogens is 4. The fourth-order valence-corrected chi connectivity index (χ4v) is 1.46. The zero-order valence-electron chi connectivity index (χ0n) is 7.61. The summed E-state index contributed by atoms with van der Waals surface area (Å²) in [5.41, 5.74) is -0.805. The summed E-state index contributed by atoms with van der Waals surface area (Å²) in [4.78, 5) is 0. The van der Waals surface area contributed by atoms with E-state index in [-0.39, 0.29) is 5.69 Å². The number of rotatable bonds is 1. The van der Waals surface area contributed by atoms with E-state index in [1.165, 1.54) is 10.9 Å². The Morgan fingerprint density at radius 2 is 2.06 bits per heavy atom. The van der Waals surface area contributed by atoms with Gasteiger partial charge in [0.15, 0.2) is 5.69 Å². The molecule has 0 bridgehead atoms. The van der Waals surface area contributed by atoms with Crippen LogP contribution in [0, 0.1) is 3.70 Å². The maximum atomic E-state index is 12.4. The number of nitrogens with zero attached hydrogens (tertiary/aromatic N) is 4. The van der Waals surface area contributed by atoms with Crippen molar-refractivity contribution < 1.29 is 13.2 Å². The van der Waals surface area contributed by atoms with Crippen LogP contribution in [0.4, 0.5) is 13.2 Å². The third-order valence-electron chi connectivity index (χ3n) is 1.75. The molecule has 2 aromatic rings. The molecule has 0 aliphatic heterocycles. The number of halogens is 4. The van der Waals surface area contributed by atoms with E-state index in [4.69, 9.17) is 0 Å². The topological polar surface area (TPSA) is 43.6 Å². The van der Waals surface area contributed by atoms with Gasteiger partial charge in [-0.05, 0) is 34.7 Å². The van der Waals surface area contributed by atoms with Crippen LogP contribution in [0.3, 0.4) is 0 Å². The van der Waals surface area contributed by atoms with Gasteiger partial charge in [0.1, 0.15) is 3.70 Å². The van der Waals surface area contributed by atoms with E-state index >= 15 is 0 Å². The van der Waals surface area contributed by atoms with Crippen LogP contribution in [0.15, 0.2) is 24.5 Å². The molecule has 2 rings (SSSR count). The summed E-state index contributed by atoms with van der Waals surface area (Å²) in [7, 11) is 0. The van der Waals surface area contributed by atoms with Crippen molar-refractivity contribution in [2.24, 2.45) is 0 Å². The highest BCUT2D eigenvalue weighted by Crippen LogP contribution is 2.27. The van der Waals surface area contributed by atoms with Gasteiger partial charge in [-0.2, -0.15) is 23.4 Å². The highest BCUT2D eigenvalue weighted by molar-refractivity contribution is 14.1. The lowest BCUT2D eigenvalue weighted by molar-refractivity contribution is -0.141. The first kappa shape index (κ1) is 11.3. The van der Waals surface area contributed by atoms with Gasteiger partial charge in [-0.25, -0.2) is 4.68 Å². The van der Waals surface area contributed by atoms with Gasteiger partial charge in [-0.15, -0.1) is 5.10 Å². The second-order valence-electron chi connectivity index (χ2n) is 2.88. The van der Waals surface area contributed by atoms with Crippen molar-refractivity contribution >= 4 is 22.6 Å². The molecule has 0 aromatic carbocycles. The molecule has 84 valence electrons. The van der Waals surface area contributed by atoms with Crippen molar-refractivity contribution in [2.45, 2.75) is 6.18 Å². The third-order valence-corrected chi connectivity index (χ3v) is 2.33. The summed E-state index contributed by atoms with van der Waals surface area (Å²) in [5.74, 6) is 0. The predicted molar refractivity (Wildman–Crippen MR) is 56.9 cm³/mol. The summed E-state index contributed by atoms with van der Waals surface area (Å²) in [5, 5.41) is 10.3. The molecule has 0 saturated carbocycles. The molecule has 0 radical (unpaired) electrons. The molecule has 0 N–H and O–H groups in total. The summed E-state index contributed by atoms with van der Waals surface area (Å²) < 4.78 is 39.1. The smallest absolute Gasteiger partial charge is 0.238 e. The Bertz CT molecular complexity index is 508. The molecule has 0 amide bonds. The van der Waals surface area contributed by atoms with E-state index in [9.17, 15) is 13.2 Å². The van der Waals surface area contributed by atoms with Crippen molar-refractivity contribution in [1.82, 2.24) is 20.0 Å². The first-order valence-corrected chi connectivity index (χ1v) is 5.16.